The van der Waals surface area contributed by atoms with Crippen LogP contribution in [-0.4, -0.2) is 48.3 Å². The molecule has 156 valence electrons. The molecule has 7 nitrogen and oxygen atoms in total. The fourth-order valence-electron chi connectivity index (χ4n) is 3.92. The van der Waals surface area contributed by atoms with E-state index in [0.29, 0.717) is 13.0 Å². The highest BCUT2D eigenvalue weighted by atomic mass is 19.1. The molecule has 0 bridgehead atoms. The van der Waals surface area contributed by atoms with Gasteiger partial charge in [-0.2, -0.15) is 0 Å². The lowest BCUT2D eigenvalue weighted by Gasteiger charge is -2.19. The largest absolute Gasteiger partial charge is 0.456 e. The fourth-order valence-corrected chi connectivity index (χ4v) is 3.92. The Morgan fingerprint density at radius 1 is 1.07 bits per heavy atom. The molecule has 0 spiro atoms. The van der Waals surface area contributed by atoms with E-state index in [4.69, 9.17) is 4.74 Å². The second-order valence-electron chi connectivity index (χ2n) is 7.46. The number of rotatable bonds is 8. The Bertz CT molecular complexity index is 756. The molecule has 1 aromatic rings. The average Bonchev–Trinajstić information content (AvgIpc) is 2.97. The second kappa shape index (κ2) is 9.62. The first-order chi connectivity index (χ1) is 14.0. The van der Waals surface area contributed by atoms with Crippen molar-refractivity contribution in [3.05, 3.63) is 35.6 Å². The molecular formula is C21H25FN2O5. The molecule has 1 heterocycles. The van der Waals surface area contributed by atoms with Crippen molar-refractivity contribution in [2.24, 2.45) is 11.8 Å². The van der Waals surface area contributed by atoms with E-state index in [1.54, 1.807) is 12.1 Å². The molecule has 1 saturated carbocycles. The van der Waals surface area contributed by atoms with Crippen LogP contribution in [0.2, 0.25) is 0 Å². The van der Waals surface area contributed by atoms with Gasteiger partial charge in [0.05, 0.1) is 18.3 Å². The predicted molar refractivity (Wildman–Crippen MR) is 101 cm³/mol. The molecule has 1 aromatic carbocycles. The zero-order valence-corrected chi connectivity index (χ0v) is 16.2. The lowest BCUT2D eigenvalue weighted by Crippen LogP contribution is -2.34. The van der Waals surface area contributed by atoms with Crippen LogP contribution in [0, 0.1) is 17.7 Å². The lowest BCUT2D eigenvalue weighted by atomic mass is 9.81. The number of carbonyl (C=O) groups is 4. The number of nitrogens with one attached hydrogen (secondary N) is 1. The van der Waals surface area contributed by atoms with Gasteiger partial charge >= 0.3 is 5.97 Å². The molecule has 29 heavy (non-hydrogen) atoms. The minimum atomic E-state index is -0.630. The van der Waals surface area contributed by atoms with Crippen molar-refractivity contribution < 1.29 is 28.3 Å². The van der Waals surface area contributed by atoms with Gasteiger partial charge < -0.3 is 10.1 Å². The van der Waals surface area contributed by atoms with Crippen LogP contribution < -0.4 is 5.32 Å². The number of nitrogens with zero attached hydrogens (tertiary/aromatic N) is 1. The second-order valence-corrected chi connectivity index (χ2v) is 7.46. The van der Waals surface area contributed by atoms with Gasteiger partial charge in [-0.3, -0.25) is 24.1 Å². The van der Waals surface area contributed by atoms with Crippen molar-refractivity contribution >= 4 is 23.7 Å². The number of hydrogen-bond acceptors (Lipinski definition) is 5. The van der Waals surface area contributed by atoms with Gasteiger partial charge in [-0.25, -0.2) is 4.39 Å². The first-order valence-electron chi connectivity index (χ1n) is 9.97. The molecule has 3 rings (SSSR count). The van der Waals surface area contributed by atoms with Crippen LogP contribution in [0.4, 0.5) is 4.39 Å². The number of hydrogen-bond donors (Lipinski definition) is 1. The summed E-state index contributed by atoms with van der Waals surface area (Å²) in [6.07, 6.45) is 3.77. The number of amides is 3. The molecule has 2 aliphatic rings. The Balaban J connectivity index is 1.33. The zero-order chi connectivity index (χ0) is 20.8. The molecule has 0 aromatic heterocycles. The normalized spacial score (nSPS) is 21.1. The van der Waals surface area contributed by atoms with Crippen LogP contribution >= 0.6 is 0 Å². The van der Waals surface area contributed by atoms with E-state index in [-0.39, 0.29) is 42.4 Å². The number of benzene rings is 1. The molecule has 2 atom stereocenters. The SMILES string of the molecule is O=C(COC(=O)CCN1C(=O)[C@@H]2CCCC[C@H]2C1=O)NCCc1ccc(F)cc1. The van der Waals surface area contributed by atoms with E-state index in [0.717, 1.165) is 31.2 Å². The van der Waals surface area contributed by atoms with Gasteiger partial charge in [-0.05, 0) is 37.0 Å². The summed E-state index contributed by atoms with van der Waals surface area (Å²) in [6, 6.07) is 5.98. The summed E-state index contributed by atoms with van der Waals surface area (Å²) in [6.45, 7) is -0.0906. The first kappa shape index (κ1) is 21.0. The van der Waals surface area contributed by atoms with E-state index in [1.807, 2.05) is 0 Å². The monoisotopic (exact) mass is 404 g/mol. The summed E-state index contributed by atoms with van der Waals surface area (Å²) in [5, 5.41) is 2.62. The highest BCUT2D eigenvalue weighted by molar-refractivity contribution is 6.05. The maximum absolute atomic E-state index is 12.8. The van der Waals surface area contributed by atoms with Crippen LogP contribution in [0.25, 0.3) is 0 Å². The van der Waals surface area contributed by atoms with Gasteiger partial charge in [0.25, 0.3) is 5.91 Å². The van der Waals surface area contributed by atoms with Crippen molar-refractivity contribution in [1.82, 2.24) is 10.2 Å². The van der Waals surface area contributed by atoms with Crippen LogP contribution in [0.3, 0.4) is 0 Å². The molecule has 1 aliphatic carbocycles. The number of imide groups is 1. The van der Waals surface area contributed by atoms with Gasteiger partial charge in [-0.15, -0.1) is 0 Å². The molecule has 3 amide bonds. The van der Waals surface area contributed by atoms with Gasteiger partial charge in [0.15, 0.2) is 6.61 Å². The molecule has 8 heteroatoms. The molecule has 2 fully saturated rings. The zero-order valence-electron chi connectivity index (χ0n) is 16.2. The smallest absolute Gasteiger partial charge is 0.308 e. The Kier molecular flexibility index (Phi) is 6.95. The number of likely N-dealkylation sites (tertiary alicyclic amines) is 1. The quantitative estimate of drug-likeness (QED) is 0.525. The highest BCUT2D eigenvalue weighted by Crippen LogP contribution is 2.37. The van der Waals surface area contributed by atoms with Crippen LogP contribution in [0.1, 0.15) is 37.7 Å². The van der Waals surface area contributed by atoms with Crippen LogP contribution in [0.15, 0.2) is 24.3 Å². The average molecular weight is 404 g/mol. The van der Waals surface area contributed by atoms with E-state index >= 15 is 0 Å². The summed E-state index contributed by atoms with van der Waals surface area (Å²) < 4.78 is 17.8. The van der Waals surface area contributed by atoms with Gasteiger partial charge in [0.1, 0.15) is 5.82 Å². The Morgan fingerprint density at radius 3 is 2.31 bits per heavy atom. The van der Waals surface area contributed by atoms with E-state index in [9.17, 15) is 23.6 Å². The van der Waals surface area contributed by atoms with Crippen molar-refractivity contribution in [3.8, 4) is 0 Å². The van der Waals surface area contributed by atoms with E-state index in [1.165, 1.54) is 17.0 Å². The van der Waals surface area contributed by atoms with Crippen molar-refractivity contribution in [1.29, 1.82) is 0 Å². The highest BCUT2D eigenvalue weighted by Gasteiger charge is 2.47. The van der Waals surface area contributed by atoms with Crippen molar-refractivity contribution in [2.75, 3.05) is 19.7 Å². The lowest BCUT2D eigenvalue weighted by molar-refractivity contribution is -0.149. The summed E-state index contributed by atoms with van der Waals surface area (Å²) in [5.74, 6) is -2.25. The maximum Gasteiger partial charge on any atom is 0.308 e. The van der Waals surface area contributed by atoms with Gasteiger partial charge in [0, 0.05) is 13.1 Å². The maximum atomic E-state index is 12.8. The first-order valence-corrected chi connectivity index (χ1v) is 9.97. The molecule has 0 radical (unpaired) electrons. The predicted octanol–water partition coefficient (Wildman–Crippen LogP) is 1.59. The molecule has 1 aliphatic heterocycles. The number of fused-ring (bicyclic) bond motifs is 1. The fraction of sp³-hybridized carbons (Fsp3) is 0.524. The standard InChI is InChI=1S/C21H25FN2O5/c22-15-7-5-14(6-8-15)9-11-23-18(25)13-29-19(26)10-12-24-20(27)16-3-1-2-4-17(16)21(24)28/h5-8,16-17H,1-4,9-13H2,(H,23,25)/t16-,17-/m1/s1. The minimum Gasteiger partial charge on any atom is -0.456 e. The summed E-state index contributed by atoms with van der Waals surface area (Å²) in [4.78, 5) is 49.5. The Hall–Kier alpha value is -2.77. The third-order valence-corrected chi connectivity index (χ3v) is 5.49. The molecule has 1 saturated heterocycles. The van der Waals surface area contributed by atoms with Gasteiger partial charge in [0.2, 0.25) is 11.8 Å². The number of ether oxygens (including phenoxy) is 1. The van der Waals surface area contributed by atoms with Crippen LogP contribution in [0.5, 0.6) is 0 Å². The number of carbonyl (C=O) groups excluding carboxylic acids is 4. The summed E-state index contributed by atoms with van der Waals surface area (Å²) in [5.41, 5.74) is 0.879. The molecule has 1 N–H and O–H groups in total. The van der Waals surface area contributed by atoms with E-state index < -0.39 is 18.5 Å². The Labute approximate surface area is 168 Å². The van der Waals surface area contributed by atoms with Gasteiger partial charge in [-0.1, -0.05) is 25.0 Å². The molecular weight excluding hydrogens is 379 g/mol. The van der Waals surface area contributed by atoms with Crippen molar-refractivity contribution in [3.63, 3.8) is 0 Å². The topological polar surface area (TPSA) is 92.8 Å². The Morgan fingerprint density at radius 2 is 1.69 bits per heavy atom. The van der Waals surface area contributed by atoms with E-state index in [2.05, 4.69) is 5.32 Å². The minimum absolute atomic E-state index is 0.00428. The third kappa shape index (κ3) is 5.40. The van der Waals surface area contributed by atoms with Crippen molar-refractivity contribution in [2.45, 2.75) is 38.5 Å². The third-order valence-electron chi connectivity index (χ3n) is 5.49. The number of esters is 1. The number of halogens is 1. The van der Waals surface area contributed by atoms with Crippen LogP contribution in [-0.2, 0) is 30.3 Å². The summed E-state index contributed by atoms with van der Waals surface area (Å²) in [7, 11) is 0. The molecule has 0 unspecified atom stereocenters. The summed E-state index contributed by atoms with van der Waals surface area (Å²) >= 11 is 0.